The van der Waals surface area contributed by atoms with Crippen LogP contribution in [0, 0.1) is 6.92 Å². The van der Waals surface area contributed by atoms with Crippen molar-refractivity contribution in [3.8, 4) is 11.1 Å². The maximum Gasteiger partial charge on any atom is 0.322 e. The van der Waals surface area contributed by atoms with Crippen molar-refractivity contribution in [3.05, 3.63) is 64.1 Å². The third-order valence-corrected chi connectivity index (χ3v) is 6.69. The van der Waals surface area contributed by atoms with Gasteiger partial charge in [-0.15, -0.1) is 23.0 Å². The summed E-state index contributed by atoms with van der Waals surface area (Å²) < 4.78 is 6.96. The van der Waals surface area contributed by atoms with Crippen molar-refractivity contribution in [3.63, 3.8) is 0 Å². The van der Waals surface area contributed by atoms with E-state index in [9.17, 15) is 9.59 Å². The number of nitrogens with one attached hydrogen (secondary N) is 1. The van der Waals surface area contributed by atoms with Crippen LogP contribution >= 0.6 is 23.1 Å². The van der Waals surface area contributed by atoms with E-state index >= 15 is 0 Å². The Labute approximate surface area is 198 Å². The number of aryl methyl sites for hydroxylation is 1. The Morgan fingerprint density at radius 2 is 2.06 bits per heavy atom. The highest BCUT2D eigenvalue weighted by molar-refractivity contribution is 7.99. The first-order valence-electron chi connectivity index (χ1n) is 10.3. The Hall–Kier alpha value is -3.24. The first kappa shape index (κ1) is 22.9. The van der Waals surface area contributed by atoms with Crippen molar-refractivity contribution in [1.82, 2.24) is 19.7 Å². The molecule has 170 valence electrons. The van der Waals surface area contributed by atoms with Gasteiger partial charge in [0.2, 0.25) is 11.8 Å². The molecule has 1 N–H and O–H groups in total. The van der Waals surface area contributed by atoms with Crippen LogP contribution in [0.5, 0.6) is 0 Å². The van der Waals surface area contributed by atoms with E-state index in [-0.39, 0.29) is 35.7 Å². The monoisotopic (exact) mass is 481 g/mol. The van der Waals surface area contributed by atoms with E-state index in [0.717, 1.165) is 16.7 Å². The molecule has 4 aromatic rings. The van der Waals surface area contributed by atoms with Crippen molar-refractivity contribution in [2.75, 3.05) is 11.1 Å². The lowest BCUT2D eigenvalue weighted by Crippen LogP contribution is -2.23. The molecule has 0 fully saturated rings. The Bertz CT molecular complexity index is 1370. The molecule has 1 amide bonds. The smallest absolute Gasteiger partial charge is 0.322 e. The van der Waals surface area contributed by atoms with Gasteiger partial charge >= 0.3 is 6.01 Å². The van der Waals surface area contributed by atoms with Gasteiger partial charge < -0.3 is 4.42 Å². The van der Waals surface area contributed by atoms with Gasteiger partial charge in [0, 0.05) is 23.4 Å². The van der Waals surface area contributed by atoms with Gasteiger partial charge in [-0.1, -0.05) is 66.6 Å². The summed E-state index contributed by atoms with van der Waals surface area (Å²) in [5, 5.41) is 13.3. The second-order valence-electron chi connectivity index (χ2n) is 7.73. The lowest BCUT2D eigenvalue weighted by molar-refractivity contribution is -0.113. The van der Waals surface area contributed by atoms with Crippen LogP contribution in [0.1, 0.15) is 31.2 Å². The zero-order valence-electron chi connectivity index (χ0n) is 18.5. The summed E-state index contributed by atoms with van der Waals surface area (Å²) in [5.41, 5.74) is 2.82. The second-order valence-corrected chi connectivity index (χ2v) is 9.53. The molecular formula is C23H23N5O3S2. The van der Waals surface area contributed by atoms with E-state index in [1.54, 1.807) is 10.6 Å². The molecule has 8 nitrogen and oxygen atoms in total. The number of benzene rings is 1. The first-order valence-corrected chi connectivity index (χ1v) is 12.2. The van der Waals surface area contributed by atoms with Crippen molar-refractivity contribution in [1.29, 1.82) is 0 Å². The number of carbonyl (C=O) groups excluding carboxylic acids is 1. The Morgan fingerprint density at radius 3 is 2.73 bits per heavy atom. The van der Waals surface area contributed by atoms with Gasteiger partial charge in [0.15, 0.2) is 5.16 Å². The maximum atomic E-state index is 13.4. The molecule has 1 aromatic carbocycles. The van der Waals surface area contributed by atoms with E-state index in [4.69, 9.17) is 4.42 Å². The highest BCUT2D eigenvalue weighted by Gasteiger charge is 2.18. The molecule has 0 aliphatic rings. The summed E-state index contributed by atoms with van der Waals surface area (Å²) in [7, 11) is 0. The van der Waals surface area contributed by atoms with Crippen LogP contribution in [-0.4, -0.2) is 31.4 Å². The second kappa shape index (κ2) is 9.72. The number of amides is 1. The standard InChI is InChI=1S/C23H23N5O3S2/c1-5-10-28-21(30)18-16(15-8-6-14(4)7-9-15)11-32-20(18)25-23(28)33-12-17(29)24-22-27-26-19(31-22)13(2)3/h5-9,11,13H,1,10,12H2,2-4H3,(H,24,27,29). The third kappa shape index (κ3) is 4.91. The number of fused-ring (bicyclic) bond motifs is 1. The minimum atomic E-state index is -0.329. The quantitative estimate of drug-likeness (QED) is 0.218. The SMILES string of the molecule is C=CCn1c(SCC(=O)Nc2nnc(C(C)C)o2)nc2scc(-c3ccc(C)cc3)c2c1=O. The van der Waals surface area contributed by atoms with Gasteiger partial charge in [-0.2, -0.15) is 0 Å². The van der Waals surface area contributed by atoms with Gasteiger partial charge in [-0.3, -0.25) is 19.5 Å². The van der Waals surface area contributed by atoms with Crippen LogP contribution in [-0.2, 0) is 11.3 Å². The average molecular weight is 482 g/mol. The zero-order valence-corrected chi connectivity index (χ0v) is 20.1. The Kier molecular flexibility index (Phi) is 6.75. The molecule has 0 spiro atoms. The van der Waals surface area contributed by atoms with E-state index in [2.05, 4.69) is 27.1 Å². The van der Waals surface area contributed by atoms with E-state index in [0.29, 0.717) is 21.3 Å². The molecule has 0 saturated carbocycles. The molecule has 0 radical (unpaired) electrons. The van der Waals surface area contributed by atoms with Crippen LogP contribution in [0.2, 0.25) is 0 Å². The number of allylic oxidation sites excluding steroid dienone is 1. The van der Waals surface area contributed by atoms with Crippen LogP contribution in [0.15, 0.2) is 56.7 Å². The van der Waals surface area contributed by atoms with Crippen molar-refractivity contribution < 1.29 is 9.21 Å². The fourth-order valence-electron chi connectivity index (χ4n) is 3.16. The highest BCUT2D eigenvalue weighted by atomic mass is 32.2. The van der Waals surface area contributed by atoms with Crippen LogP contribution in [0.4, 0.5) is 6.01 Å². The topological polar surface area (TPSA) is 103 Å². The lowest BCUT2D eigenvalue weighted by Gasteiger charge is -2.10. The van der Waals surface area contributed by atoms with Gasteiger partial charge in [0.05, 0.1) is 11.1 Å². The van der Waals surface area contributed by atoms with Crippen LogP contribution in [0.3, 0.4) is 0 Å². The van der Waals surface area contributed by atoms with Crippen molar-refractivity contribution in [2.24, 2.45) is 0 Å². The normalized spacial score (nSPS) is 11.3. The number of rotatable bonds is 8. The molecule has 3 aromatic heterocycles. The number of nitrogens with zero attached hydrogens (tertiary/aromatic N) is 4. The van der Waals surface area contributed by atoms with Gasteiger partial charge in [-0.05, 0) is 12.5 Å². The van der Waals surface area contributed by atoms with Crippen molar-refractivity contribution >= 4 is 45.2 Å². The first-order chi connectivity index (χ1) is 15.9. The van der Waals surface area contributed by atoms with Gasteiger partial charge in [-0.25, -0.2) is 4.98 Å². The molecule has 0 aliphatic carbocycles. The molecule has 0 aliphatic heterocycles. The molecule has 10 heteroatoms. The predicted molar refractivity (Wildman–Crippen MR) is 132 cm³/mol. The largest absolute Gasteiger partial charge is 0.408 e. The number of carbonyl (C=O) groups is 1. The Morgan fingerprint density at radius 1 is 1.30 bits per heavy atom. The lowest BCUT2D eigenvalue weighted by atomic mass is 10.1. The molecule has 0 saturated heterocycles. The summed E-state index contributed by atoms with van der Waals surface area (Å²) >= 11 is 2.59. The molecule has 4 rings (SSSR count). The molecule has 0 bridgehead atoms. The Balaban J connectivity index is 1.60. The minimum absolute atomic E-state index is 0.0324. The number of thioether (sulfide) groups is 1. The number of aromatic nitrogens is 4. The molecule has 3 heterocycles. The molecule has 33 heavy (non-hydrogen) atoms. The predicted octanol–water partition coefficient (Wildman–Crippen LogP) is 4.86. The minimum Gasteiger partial charge on any atom is -0.408 e. The fourth-order valence-corrected chi connectivity index (χ4v) is 4.95. The summed E-state index contributed by atoms with van der Waals surface area (Å²) in [6.07, 6.45) is 1.64. The van der Waals surface area contributed by atoms with Crippen LogP contribution < -0.4 is 10.9 Å². The molecule has 0 atom stereocenters. The summed E-state index contributed by atoms with van der Waals surface area (Å²) in [4.78, 5) is 31.1. The molecular weight excluding hydrogens is 458 g/mol. The summed E-state index contributed by atoms with van der Waals surface area (Å²) in [5.74, 6) is 0.222. The van der Waals surface area contributed by atoms with Gasteiger partial charge in [0.25, 0.3) is 5.56 Å². The van der Waals surface area contributed by atoms with Crippen molar-refractivity contribution in [2.45, 2.75) is 38.4 Å². The maximum absolute atomic E-state index is 13.4. The third-order valence-electron chi connectivity index (χ3n) is 4.85. The zero-order chi connectivity index (χ0) is 23.5. The highest BCUT2D eigenvalue weighted by Crippen LogP contribution is 2.32. The fraction of sp³-hybridized carbons (Fsp3) is 0.261. The average Bonchev–Trinajstić information content (AvgIpc) is 3.42. The van der Waals surface area contributed by atoms with Crippen LogP contribution in [0.25, 0.3) is 21.3 Å². The van der Waals surface area contributed by atoms with Gasteiger partial charge in [0.1, 0.15) is 4.83 Å². The number of anilines is 1. The van der Waals surface area contributed by atoms with E-state index in [1.165, 1.54) is 23.1 Å². The van der Waals surface area contributed by atoms with E-state index in [1.807, 2.05) is 50.4 Å². The summed E-state index contributed by atoms with van der Waals surface area (Å²) in [6.45, 7) is 9.92. The summed E-state index contributed by atoms with van der Waals surface area (Å²) in [6, 6.07) is 8.10. The number of hydrogen-bond donors (Lipinski definition) is 1. The molecule has 0 unspecified atom stereocenters. The number of hydrogen-bond acceptors (Lipinski definition) is 8. The number of thiophene rings is 1. The van der Waals surface area contributed by atoms with E-state index < -0.39 is 0 Å².